The Morgan fingerprint density at radius 1 is 1.05 bits per heavy atom. The largest absolute Gasteiger partial charge is 0.444 e. The van der Waals surface area contributed by atoms with Crippen LogP contribution in [0.25, 0.3) is 0 Å². The van der Waals surface area contributed by atoms with Gasteiger partial charge in [0.05, 0.1) is 28.7 Å². The molecule has 3 rings (SSSR count). The number of halogens is 3. The van der Waals surface area contributed by atoms with Crippen LogP contribution in [-0.2, 0) is 17.5 Å². The molecule has 0 saturated heterocycles. The number of benzene rings is 1. The summed E-state index contributed by atoms with van der Waals surface area (Å²) in [7, 11) is 1.72. The Labute approximate surface area is 217 Å². The molecular weight excluding hydrogens is 503 g/mol. The maximum atomic E-state index is 12.8. The molecule has 1 aromatic carbocycles. The van der Waals surface area contributed by atoms with E-state index < -0.39 is 29.3 Å². The quantitative estimate of drug-likeness (QED) is 0.375. The summed E-state index contributed by atoms with van der Waals surface area (Å²) in [6.45, 7) is 5.88. The third-order valence-corrected chi connectivity index (χ3v) is 5.32. The van der Waals surface area contributed by atoms with E-state index in [4.69, 9.17) is 4.74 Å². The monoisotopic (exact) mass is 531 g/mol. The number of aromatic nitrogens is 2. The highest BCUT2D eigenvalue weighted by Crippen LogP contribution is 2.30. The van der Waals surface area contributed by atoms with Gasteiger partial charge in [-0.3, -0.25) is 14.9 Å². The van der Waals surface area contributed by atoms with Crippen LogP contribution in [0.5, 0.6) is 0 Å². The molecule has 0 atom stereocenters. The molecule has 0 aliphatic heterocycles. The van der Waals surface area contributed by atoms with Crippen molar-refractivity contribution < 1.29 is 32.3 Å². The van der Waals surface area contributed by atoms with Gasteiger partial charge in [-0.05, 0) is 63.2 Å². The molecule has 0 unspecified atom stereocenters. The lowest BCUT2D eigenvalue weighted by molar-refractivity contribution is -0.137. The molecule has 2 N–H and O–H groups in total. The smallest absolute Gasteiger partial charge is 0.416 e. The van der Waals surface area contributed by atoms with Crippen molar-refractivity contribution in [2.24, 2.45) is 0 Å². The van der Waals surface area contributed by atoms with Crippen LogP contribution in [0.3, 0.4) is 0 Å². The van der Waals surface area contributed by atoms with Gasteiger partial charge in [0.2, 0.25) is 0 Å². The fourth-order valence-electron chi connectivity index (χ4n) is 3.44. The van der Waals surface area contributed by atoms with E-state index >= 15 is 0 Å². The van der Waals surface area contributed by atoms with E-state index in [0.29, 0.717) is 30.8 Å². The summed E-state index contributed by atoms with van der Waals surface area (Å²) in [5.41, 5.74) is -0.178. The maximum Gasteiger partial charge on any atom is 0.416 e. The minimum Gasteiger partial charge on any atom is -0.444 e. The number of pyridine rings is 1. The van der Waals surface area contributed by atoms with Crippen LogP contribution in [0.2, 0.25) is 0 Å². The molecule has 2 aromatic heterocycles. The van der Waals surface area contributed by atoms with Gasteiger partial charge in [-0.25, -0.2) is 9.78 Å². The Balaban J connectivity index is 1.61. The zero-order chi connectivity index (χ0) is 28.1. The van der Waals surface area contributed by atoms with Crippen molar-refractivity contribution in [1.29, 1.82) is 0 Å². The molecule has 0 fully saturated rings. The molecule has 38 heavy (non-hydrogen) atoms. The zero-order valence-electron chi connectivity index (χ0n) is 21.3. The molecule has 3 aromatic rings. The number of ether oxygens (including phenoxy) is 1. The summed E-state index contributed by atoms with van der Waals surface area (Å²) in [6.07, 6.45) is -1.57. The van der Waals surface area contributed by atoms with Crippen LogP contribution in [0.4, 0.5) is 35.2 Å². The molecule has 0 radical (unpaired) electrons. The minimum atomic E-state index is -4.41. The lowest BCUT2D eigenvalue weighted by Crippen LogP contribution is -2.27. The van der Waals surface area contributed by atoms with Gasteiger partial charge in [-0.1, -0.05) is 0 Å². The lowest BCUT2D eigenvalue weighted by atomic mass is 10.2. The predicted molar refractivity (Wildman–Crippen MR) is 137 cm³/mol. The Kier molecular flexibility index (Phi) is 8.44. The predicted octanol–water partition coefficient (Wildman–Crippen LogP) is 5.45. The summed E-state index contributed by atoms with van der Waals surface area (Å²) in [6, 6.07) is 9.30. The van der Waals surface area contributed by atoms with Gasteiger partial charge in [0.15, 0.2) is 6.29 Å². The molecule has 2 heterocycles. The van der Waals surface area contributed by atoms with Gasteiger partial charge in [0.25, 0.3) is 5.91 Å². The fourth-order valence-corrected chi connectivity index (χ4v) is 3.44. The first-order valence-electron chi connectivity index (χ1n) is 11.6. The van der Waals surface area contributed by atoms with Crippen LogP contribution in [-0.4, -0.2) is 47.0 Å². The van der Waals surface area contributed by atoms with E-state index in [-0.39, 0.29) is 17.1 Å². The van der Waals surface area contributed by atoms with Crippen LogP contribution < -0.4 is 15.5 Å². The Morgan fingerprint density at radius 2 is 1.74 bits per heavy atom. The maximum absolute atomic E-state index is 12.8. The van der Waals surface area contributed by atoms with Gasteiger partial charge in [0, 0.05) is 32.0 Å². The summed E-state index contributed by atoms with van der Waals surface area (Å²) in [5, 5.41) is 5.14. The molecule has 0 saturated carbocycles. The van der Waals surface area contributed by atoms with Gasteiger partial charge in [-0.15, -0.1) is 0 Å². The summed E-state index contributed by atoms with van der Waals surface area (Å²) in [5.74, 6) is -0.300. The van der Waals surface area contributed by atoms with Crippen molar-refractivity contribution in [3.05, 3.63) is 71.7 Å². The number of amides is 2. The van der Waals surface area contributed by atoms with E-state index in [1.54, 1.807) is 43.5 Å². The highest BCUT2D eigenvalue weighted by Gasteiger charge is 2.30. The zero-order valence-corrected chi connectivity index (χ0v) is 21.3. The van der Waals surface area contributed by atoms with Crippen molar-refractivity contribution >= 4 is 35.5 Å². The average Bonchev–Trinajstić information content (AvgIpc) is 3.25. The van der Waals surface area contributed by atoms with E-state index in [9.17, 15) is 27.6 Å². The van der Waals surface area contributed by atoms with Crippen LogP contribution in [0.1, 0.15) is 47.2 Å². The van der Waals surface area contributed by atoms with Gasteiger partial charge in [0.1, 0.15) is 11.4 Å². The van der Waals surface area contributed by atoms with Crippen LogP contribution in [0, 0.1) is 0 Å². The average molecular weight is 532 g/mol. The van der Waals surface area contributed by atoms with Crippen molar-refractivity contribution in [2.75, 3.05) is 29.1 Å². The number of rotatable bonds is 8. The Bertz CT molecular complexity index is 1280. The third kappa shape index (κ3) is 7.58. The third-order valence-electron chi connectivity index (χ3n) is 5.32. The van der Waals surface area contributed by atoms with Gasteiger partial charge < -0.3 is 19.5 Å². The highest BCUT2D eigenvalue weighted by atomic mass is 19.4. The summed E-state index contributed by atoms with van der Waals surface area (Å²) >= 11 is 0. The molecule has 0 aliphatic rings. The van der Waals surface area contributed by atoms with Crippen LogP contribution >= 0.6 is 0 Å². The topological polar surface area (TPSA) is 106 Å². The number of carbonyl (C=O) groups is 3. The van der Waals surface area contributed by atoms with Crippen molar-refractivity contribution in [3.63, 3.8) is 0 Å². The van der Waals surface area contributed by atoms with Crippen molar-refractivity contribution in [2.45, 2.75) is 39.1 Å². The van der Waals surface area contributed by atoms with Gasteiger partial charge in [-0.2, -0.15) is 13.2 Å². The number of likely N-dealkylation sites (N-methyl/N-ethyl adjacent to an activating group) is 1. The van der Waals surface area contributed by atoms with E-state index in [1.165, 1.54) is 36.5 Å². The number of hydrogen-bond acceptors (Lipinski definition) is 6. The SMILES string of the molecule is CN(CCn1ccc(C(=O)Nc2ccc(NC(=O)OC(C)(C)C)nc2)c1C=O)c1ccc(C(F)(F)F)cc1. The number of anilines is 3. The molecule has 2 amide bonds. The molecule has 0 aliphatic carbocycles. The number of carbonyl (C=O) groups excluding carboxylic acids is 3. The molecule has 0 spiro atoms. The molecule has 202 valence electrons. The second-order valence-electron chi connectivity index (χ2n) is 9.41. The Morgan fingerprint density at radius 3 is 2.29 bits per heavy atom. The molecule has 9 nitrogen and oxygen atoms in total. The number of alkyl halides is 3. The summed E-state index contributed by atoms with van der Waals surface area (Å²) < 4.78 is 45.1. The second kappa shape index (κ2) is 11.4. The number of nitrogens with zero attached hydrogens (tertiary/aromatic N) is 3. The lowest BCUT2D eigenvalue weighted by Gasteiger charge is -2.20. The number of hydrogen-bond donors (Lipinski definition) is 2. The fraction of sp³-hybridized carbons (Fsp3) is 0.308. The highest BCUT2D eigenvalue weighted by molar-refractivity contribution is 6.08. The standard InChI is InChI=1S/C26H28F3N5O4/c1-25(2,3)38-24(37)32-22-10-7-18(15-30-22)31-23(36)20-11-12-34(21(20)16-35)14-13-33(4)19-8-5-17(6-9-19)26(27,28)29/h5-12,15-16H,13-14H2,1-4H3,(H,31,36)(H,30,32,37). The van der Waals surface area contributed by atoms with Gasteiger partial charge >= 0.3 is 12.3 Å². The molecule has 12 heteroatoms. The first-order chi connectivity index (χ1) is 17.8. The molecule has 0 bridgehead atoms. The van der Waals surface area contributed by atoms with E-state index in [0.717, 1.165) is 12.1 Å². The number of aldehydes is 1. The second-order valence-corrected chi connectivity index (χ2v) is 9.41. The number of nitrogens with one attached hydrogen (secondary N) is 2. The van der Waals surface area contributed by atoms with E-state index in [1.807, 2.05) is 0 Å². The van der Waals surface area contributed by atoms with Crippen LogP contribution in [0.15, 0.2) is 54.9 Å². The molecular formula is C26H28F3N5O4. The Hall–Kier alpha value is -4.35. The minimum absolute atomic E-state index is 0.146. The van der Waals surface area contributed by atoms with E-state index in [2.05, 4.69) is 15.6 Å². The normalized spacial score (nSPS) is 11.6. The van der Waals surface area contributed by atoms with Crippen molar-refractivity contribution in [3.8, 4) is 0 Å². The first kappa shape index (κ1) is 28.2. The van der Waals surface area contributed by atoms with Crippen molar-refractivity contribution in [1.82, 2.24) is 9.55 Å². The first-order valence-corrected chi connectivity index (χ1v) is 11.6. The summed E-state index contributed by atoms with van der Waals surface area (Å²) in [4.78, 5) is 42.2.